The number of alkyl halides is 6. The third-order valence-corrected chi connectivity index (χ3v) is 4.87. The van der Waals surface area contributed by atoms with E-state index in [1.54, 1.807) is 0 Å². The Hall–Kier alpha value is -1.21. The van der Waals surface area contributed by atoms with Crippen LogP contribution in [0.5, 0.6) is 0 Å². The molecule has 23 heavy (non-hydrogen) atoms. The fraction of sp³-hybridized carbons (Fsp3) is 0.800. The molecule has 0 spiro atoms. The van der Waals surface area contributed by atoms with E-state index < -0.39 is 42.7 Å². The van der Waals surface area contributed by atoms with Gasteiger partial charge in [-0.2, -0.15) is 26.3 Å². The van der Waals surface area contributed by atoms with Crippen LogP contribution in [0.2, 0.25) is 0 Å². The Labute approximate surface area is 129 Å². The number of esters is 1. The van der Waals surface area contributed by atoms with Gasteiger partial charge in [-0.1, -0.05) is 6.58 Å². The van der Waals surface area contributed by atoms with Crippen LogP contribution >= 0.6 is 0 Å². The quantitative estimate of drug-likeness (QED) is 0.421. The summed E-state index contributed by atoms with van der Waals surface area (Å²) < 4.78 is 81.1. The summed E-state index contributed by atoms with van der Waals surface area (Å²) in [6.45, 7) is 4.92. The SMILES string of the molecule is C=C(C)C(=O)OC1CC2CC1CC2CC(C(F)(F)F)C(F)(F)F. The predicted octanol–water partition coefficient (Wildman–Crippen LogP) is 4.65. The molecule has 0 N–H and O–H groups in total. The highest BCUT2D eigenvalue weighted by molar-refractivity contribution is 5.87. The second-order valence-corrected chi connectivity index (χ2v) is 6.58. The van der Waals surface area contributed by atoms with Crippen LogP contribution in [0.15, 0.2) is 12.2 Å². The molecule has 0 saturated heterocycles. The Bertz CT molecular complexity index is 467. The van der Waals surface area contributed by atoms with Gasteiger partial charge in [-0.15, -0.1) is 0 Å². The monoisotopic (exact) mass is 344 g/mol. The van der Waals surface area contributed by atoms with E-state index in [2.05, 4.69) is 6.58 Å². The van der Waals surface area contributed by atoms with Crippen molar-refractivity contribution in [2.24, 2.45) is 23.7 Å². The van der Waals surface area contributed by atoms with Crippen molar-refractivity contribution < 1.29 is 35.9 Å². The lowest BCUT2D eigenvalue weighted by Crippen LogP contribution is -2.39. The second kappa shape index (κ2) is 6.02. The molecule has 0 amide bonds. The summed E-state index contributed by atoms with van der Waals surface area (Å²) in [4.78, 5) is 11.5. The molecule has 2 nitrogen and oxygen atoms in total. The second-order valence-electron chi connectivity index (χ2n) is 6.58. The van der Waals surface area contributed by atoms with E-state index in [4.69, 9.17) is 4.74 Å². The van der Waals surface area contributed by atoms with E-state index in [9.17, 15) is 31.1 Å². The average Bonchev–Trinajstić information content (AvgIpc) is 2.92. The molecule has 2 bridgehead atoms. The van der Waals surface area contributed by atoms with E-state index in [-0.39, 0.29) is 23.8 Å². The van der Waals surface area contributed by atoms with E-state index in [1.165, 1.54) is 6.92 Å². The molecule has 0 radical (unpaired) electrons. The Morgan fingerprint density at radius 2 is 1.65 bits per heavy atom. The Morgan fingerprint density at radius 3 is 2.04 bits per heavy atom. The number of fused-ring (bicyclic) bond motifs is 2. The average molecular weight is 344 g/mol. The van der Waals surface area contributed by atoms with Gasteiger partial charge in [0.2, 0.25) is 0 Å². The van der Waals surface area contributed by atoms with Gasteiger partial charge in [0.05, 0.1) is 0 Å². The van der Waals surface area contributed by atoms with Crippen molar-refractivity contribution in [1.82, 2.24) is 0 Å². The standard InChI is InChI=1S/C15H18F6O2/c1-7(2)13(22)23-11-5-8-3-10(11)4-9(8)6-12(14(16,17)18)15(19,20)21/h8-12H,1,3-6H2,2H3. The van der Waals surface area contributed by atoms with Crippen molar-refractivity contribution in [2.45, 2.75) is 51.1 Å². The van der Waals surface area contributed by atoms with Gasteiger partial charge in [0.25, 0.3) is 0 Å². The summed E-state index contributed by atoms with van der Waals surface area (Å²) in [7, 11) is 0. The van der Waals surface area contributed by atoms with Gasteiger partial charge in [-0.3, -0.25) is 0 Å². The summed E-state index contributed by atoms with van der Waals surface area (Å²) in [6.07, 6.45) is -10.8. The molecule has 8 heteroatoms. The van der Waals surface area contributed by atoms with Crippen LogP contribution in [-0.4, -0.2) is 24.4 Å². The highest BCUT2D eigenvalue weighted by Gasteiger charge is 2.59. The van der Waals surface area contributed by atoms with Crippen LogP contribution in [0, 0.1) is 23.7 Å². The van der Waals surface area contributed by atoms with Gasteiger partial charge in [-0.25, -0.2) is 4.79 Å². The molecule has 2 aliphatic rings. The van der Waals surface area contributed by atoms with Crippen molar-refractivity contribution in [3.63, 3.8) is 0 Å². The molecule has 2 rings (SSSR count). The van der Waals surface area contributed by atoms with Gasteiger partial charge in [-0.05, 0) is 50.4 Å². The summed E-state index contributed by atoms with van der Waals surface area (Å²) in [5, 5.41) is 0. The Morgan fingerprint density at radius 1 is 1.09 bits per heavy atom. The van der Waals surface area contributed by atoms with E-state index in [0.717, 1.165) is 0 Å². The zero-order chi connectivity index (χ0) is 17.6. The predicted molar refractivity (Wildman–Crippen MR) is 69.2 cm³/mol. The van der Waals surface area contributed by atoms with Crippen molar-refractivity contribution in [3.8, 4) is 0 Å². The molecule has 4 atom stereocenters. The van der Waals surface area contributed by atoms with Gasteiger partial charge in [0.15, 0.2) is 5.92 Å². The topological polar surface area (TPSA) is 26.3 Å². The number of carbonyl (C=O) groups is 1. The van der Waals surface area contributed by atoms with Crippen molar-refractivity contribution in [2.75, 3.05) is 0 Å². The fourth-order valence-electron chi connectivity index (χ4n) is 3.77. The zero-order valence-corrected chi connectivity index (χ0v) is 12.5. The van der Waals surface area contributed by atoms with Crippen LogP contribution in [0.3, 0.4) is 0 Å². The largest absolute Gasteiger partial charge is 0.459 e. The molecule has 2 aliphatic carbocycles. The van der Waals surface area contributed by atoms with Crippen LogP contribution in [0.4, 0.5) is 26.3 Å². The maximum Gasteiger partial charge on any atom is 0.400 e. The van der Waals surface area contributed by atoms with Gasteiger partial charge >= 0.3 is 18.3 Å². The molecule has 0 heterocycles. The lowest BCUT2D eigenvalue weighted by molar-refractivity contribution is -0.289. The fourth-order valence-corrected chi connectivity index (χ4v) is 3.77. The Kier molecular flexibility index (Phi) is 4.74. The number of ether oxygens (including phenoxy) is 1. The maximum atomic E-state index is 12.7. The first-order chi connectivity index (χ1) is 10.4. The molecule has 4 unspecified atom stereocenters. The van der Waals surface area contributed by atoms with Crippen LogP contribution in [0.25, 0.3) is 0 Å². The van der Waals surface area contributed by atoms with Gasteiger partial charge in [0.1, 0.15) is 6.10 Å². The van der Waals surface area contributed by atoms with Crippen molar-refractivity contribution in [1.29, 1.82) is 0 Å². The Balaban J connectivity index is 1.97. The molecule has 0 aromatic heterocycles. The molecule has 132 valence electrons. The summed E-state index contributed by atoms with van der Waals surface area (Å²) in [5.74, 6) is -4.89. The first-order valence-electron chi connectivity index (χ1n) is 7.39. The number of rotatable bonds is 4. The molecular formula is C15H18F6O2. The smallest absolute Gasteiger partial charge is 0.400 e. The van der Waals surface area contributed by atoms with Crippen LogP contribution in [0.1, 0.15) is 32.6 Å². The number of hydrogen-bond donors (Lipinski definition) is 0. The van der Waals surface area contributed by atoms with Gasteiger partial charge < -0.3 is 4.74 Å². The minimum absolute atomic E-state index is 0.157. The molecule has 2 saturated carbocycles. The number of carbonyl (C=O) groups excluding carboxylic acids is 1. The third kappa shape index (κ3) is 4.01. The molecule has 0 aromatic rings. The van der Waals surface area contributed by atoms with Crippen molar-refractivity contribution in [3.05, 3.63) is 12.2 Å². The minimum Gasteiger partial charge on any atom is -0.459 e. The number of halogens is 6. The zero-order valence-electron chi connectivity index (χ0n) is 12.5. The molecule has 0 aliphatic heterocycles. The summed E-state index contributed by atoms with van der Waals surface area (Å²) >= 11 is 0. The van der Waals surface area contributed by atoms with E-state index in [1.807, 2.05) is 0 Å². The lowest BCUT2D eigenvalue weighted by atomic mass is 9.80. The van der Waals surface area contributed by atoms with Crippen LogP contribution in [-0.2, 0) is 9.53 Å². The first kappa shape index (κ1) is 18.1. The lowest BCUT2D eigenvalue weighted by Gasteiger charge is -2.31. The van der Waals surface area contributed by atoms with Crippen LogP contribution < -0.4 is 0 Å². The van der Waals surface area contributed by atoms with E-state index >= 15 is 0 Å². The summed E-state index contributed by atoms with van der Waals surface area (Å²) in [6, 6.07) is 0. The summed E-state index contributed by atoms with van der Waals surface area (Å²) in [5.41, 5.74) is 0.221. The van der Waals surface area contributed by atoms with E-state index in [0.29, 0.717) is 12.8 Å². The molecule has 2 fully saturated rings. The molecule has 0 aromatic carbocycles. The third-order valence-electron chi connectivity index (χ3n) is 4.87. The first-order valence-corrected chi connectivity index (χ1v) is 7.39. The number of hydrogen-bond acceptors (Lipinski definition) is 2. The maximum absolute atomic E-state index is 12.7. The minimum atomic E-state index is -5.29. The van der Waals surface area contributed by atoms with Gasteiger partial charge in [0, 0.05) is 5.57 Å². The normalized spacial score (nSPS) is 30.8. The molecular weight excluding hydrogens is 326 g/mol. The highest BCUT2D eigenvalue weighted by atomic mass is 19.4. The highest BCUT2D eigenvalue weighted by Crippen LogP contribution is 2.54. The van der Waals surface area contributed by atoms with Crippen molar-refractivity contribution >= 4 is 5.97 Å².